The number of fused-ring (bicyclic) bond motifs is 1. The SMILES string of the molecule is CC(Nc1c(F)cccc1F)c1cc2ccccc2s1. The smallest absolute Gasteiger partial charge is 0.149 e. The maximum atomic E-state index is 13.6. The number of para-hydroxylation sites is 1. The summed E-state index contributed by atoms with van der Waals surface area (Å²) in [6, 6.07) is 13.8. The molecule has 1 heterocycles. The Bertz CT molecular complexity index is 698. The van der Waals surface area contributed by atoms with Crippen molar-refractivity contribution in [3.8, 4) is 0 Å². The van der Waals surface area contributed by atoms with Gasteiger partial charge in [0, 0.05) is 9.58 Å². The lowest BCUT2D eigenvalue weighted by atomic mass is 10.2. The van der Waals surface area contributed by atoms with E-state index in [1.165, 1.54) is 22.9 Å². The molecular weight excluding hydrogens is 276 g/mol. The topological polar surface area (TPSA) is 12.0 Å². The molecule has 0 amide bonds. The normalized spacial score (nSPS) is 12.6. The molecule has 0 bridgehead atoms. The summed E-state index contributed by atoms with van der Waals surface area (Å²) in [5, 5.41) is 4.06. The summed E-state index contributed by atoms with van der Waals surface area (Å²) in [6.45, 7) is 1.90. The fraction of sp³-hybridized carbons (Fsp3) is 0.125. The molecule has 0 aliphatic carbocycles. The zero-order valence-corrected chi connectivity index (χ0v) is 11.7. The van der Waals surface area contributed by atoms with Gasteiger partial charge in [-0.05, 0) is 36.6 Å². The Kier molecular flexibility index (Phi) is 3.40. The second-order valence-corrected chi connectivity index (χ2v) is 5.76. The lowest BCUT2D eigenvalue weighted by Gasteiger charge is -2.14. The van der Waals surface area contributed by atoms with Crippen LogP contribution in [-0.2, 0) is 0 Å². The van der Waals surface area contributed by atoms with Crippen LogP contribution in [0.1, 0.15) is 17.8 Å². The Morgan fingerprint density at radius 2 is 1.70 bits per heavy atom. The number of anilines is 1. The van der Waals surface area contributed by atoms with Crippen molar-refractivity contribution in [2.24, 2.45) is 0 Å². The highest BCUT2D eigenvalue weighted by atomic mass is 32.1. The van der Waals surface area contributed by atoms with E-state index >= 15 is 0 Å². The molecule has 0 saturated carbocycles. The van der Waals surface area contributed by atoms with Gasteiger partial charge in [0.15, 0.2) is 0 Å². The fourth-order valence-electron chi connectivity index (χ4n) is 2.14. The molecule has 0 fully saturated rings. The molecule has 20 heavy (non-hydrogen) atoms. The Morgan fingerprint density at radius 3 is 2.40 bits per heavy atom. The molecule has 4 heteroatoms. The van der Waals surface area contributed by atoms with E-state index in [9.17, 15) is 8.78 Å². The summed E-state index contributed by atoms with van der Waals surface area (Å²) in [5.74, 6) is -1.14. The van der Waals surface area contributed by atoms with Gasteiger partial charge in [-0.25, -0.2) is 8.78 Å². The third-order valence-corrected chi connectivity index (χ3v) is 4.49. The van der Waals surface area contributed by atoms with Crippen LogP contribution in [0.4, 0.5) is 14.5 Å². The Morgan fingerprint density at radius 1 is 1.00 bits per heavy atom. The molecule has 3 rings (SSSR count). The molecule has 3 aromatic rings. The monoisotopic (exact) mass is 289 g/mol. The van der Waals surface area contributed by atoms with Gasteiger partial charge >= 0.3 is 0 Å². The van der Waals surface area contributed by atoms with Crippen LogP contribution in [0.3, 0.4) is 0 Å². The molecule has 0 spiro atoms. The van der Waals surface area contributed by atoms with E-state index in [0.29, 0.717) is 0 Å². The Hall–Kier alpha value is -1.94. The van der Waals surface area contributed by atoms with Gasteiger partial charge in [0.05, 0.1) is 6.04 Å². The number of hydrogen-bond acceptors (Lipinski definition) is 2. The number of halogens is 2. The van der Waals surface area contributed by atoms with Crippen LogP contribution in [0, 0.1) is 11.6 Å². The van der Waals surface area contributed by atoms with Gasteiger partial charge in [-0.15, -0.1) is 11.3 Å². The van der Waals surface area contributed by atoms with E-state index in [4.69, 9.17) is 0 Å². The van der Waals surface area contributed by atoms with Gasteiger partial charge in [0.25, 0.3) is 0 Å². The van der Waals surface area contributed by atoms with Crippen LogP contribution in [0.25, 0.3) is 10.1 Å². The van der Waals surface area contributed by atoms with Gasteiger partial charge in [-0.3, -0.25) is 0 Å². The van der Waals surface area contributed by atoms with E-state index in [1.807, 2.05) is 31.2 Å². The Labute approximate surface area is 119 Å². The minimum atomic E-state index is -0.571. The average molecular weight is 289 g/mol. The maximum Gasteiger partial charge on any atom is 0.149 e. The summed E-state index contributed by atoms with van der Waals surface area (Å²) in [6.07, 6.45) is 0. The molecule has 1 unspecified atom stereocenters. The number of benzene rings is 2. The van der Waals surface area contributed by atoms with Crippen LogP contribution < -0.4 is 5.32 Å². The molecule has 0 radical (unpaired) electrons. The van der Waals surface area contributed by atoms with Gasteiger partial charge in [-0.2, -0.15) is 0 Å². The van der Waals surface area contributed by atoms with Crippen molar-refractivity contribution in [2.75, 3.05) is 5.32 Å². The molecule has 1 aromatic heterocycles. The number of hydrogen-bond donors (Lipinski definition) is 1. The lowest BCUT2D eigenvalue weighted by molar-refractivity contribution is 0.585. The Balaban J connectivity index is 1.91. The largest absolute Gasteiger partial charge is 0.373 e. The second-order valence-electron chi connectivity index (χ2n) is 4.65. The van der Waals surface area contributed by atoms with Crippen LogP contribution in [0.15, 0.2) is 48.5 Å². The van der Waals surface area contributed by atoms with Crippen molar-refractivity contribution in [1.82, 2.24) is 0 Å². The highest BCUT2D eigenvalue weighted by molar-refractivity contribution is 7.19. The van der Waals surface area contributed by atoms with Crippen molar-refractivity contribution in [1.29, 1.82) is 0 Å². The molecule has 0 aliphatic heterocycles. The molecule has 102 valence electrons. The fourth-order valence-corrected chi connectivity index (χ4v) is 3.21. The van der Waals surface area contributed by atoms with Gasteiger partial charge in [0.2, 0.25) is 0 Å². The summed E-state index contributed by atoms with van der Waals surface area (Å²) in [5.41, 5.74) is -0.0718. The first-order chi connectivity index (χ1) is 9.65. The molecule has 1 nitrogen and oxygen atoms in total. The predicted octanol–water partition coefficient (Wildman–Crippen LogP) is 5.35. The van der Waals surface area contributed by atoms with Gasteiger partial charge < -0.3 is 5.32 Å². The van der Waals surface area contributed by atoms with Crippen molar-refractivity contribution in [2.45, 2.75) is 13.0 Å². The first-order valence-electron chi connectivity index (χ1n) is 6.34. The third kappa shape index (κ3) is 2.39. The van der Waals surface area contributed by atoms with E-state index in [2.05, 4.69) is 11.4 Å². The van der Waals surface area contributed by atoms with Crippen molar-refractivity contribution < 1.29 is 8.78 Å². The predicted molar refractivity (Wildman–Crippen MR) is 80.2 cm³/mol. The van der Waals surface area contributed by atoms with Gasteiger partial charge in [-0.1, -0.05) is 24.3 Å². The zero-order chi connectivity index (χ0) is 14.1. The number of rotatable bonds is 3. The molecule has 0 aliphatic rings. The van der Waals surface area contributed by atoms with E-state index in [0.717, 1.165) is 10.3 Å². The van der Waals surface area contributed by atoms with E-state index in [-0.39, 0.29) is 11.7 Å². The minimum absolute atomic E-state index is 0.0718. The van der Waals surface area contributed by atoms with Crippen LogP contribution in [-0.4, -0.2) is 0 Å². The summed E-state index contributed by atoms with van der Waals surface area (Å²) in [7, 11) is 0. The van der Waals surface area contributed by atoms with Crippen LogP contribution >= 0.6 is 11.3 Å². The van der Waals surface area contributed by atoms with Crippen molar-refractivity contribution >= 4 is 27.1 Å². The zero-order valence-electron chi connectivity index (χ0n) is 10.9. The van der Waals surface area contributed by atoms with E-state index < -0.39 is 11.6 Å². The molecule has 0 saturated heterocycles. The summed E-state index contributed by atoms with van der Waals surface area (Å²) >= 11 is 1.63. The molecule has 2 aromatic carbocycles. The van der Waals surface area contributed by atoms with Gasteiger partial charge in [0.1, 0.15) is 17.3 Å². The summed E-state index contributed by atoms with van der Waals surface area (Å²) in [4.78, 5) is 1.05. The molecule has 1 atom stereocenters. The first-order valence-corrected chi connectivity index (χ1v) is 7.16. The van der Waals surface area contributed by atoms with Crippen molar-refractivity contribution in [3.63, 3.8) is 0 Å². The number of thiophene rings is 1. The van der Waals surface area contributed by atoms with Crippen molar-refractivity contribution in [3.05, 3.63) is 65.0 Å². The molecular formula is C16H13F2NS. The van der Waals surface area contributed by atoms with E-state index in [1.54, 1.807) is 11.3 Å². The minimum Gasteiger partial charge on any atom is -0.373 e. The summed E-state index contributed by atoms with van der Waals surface area (Å²) < 4.78 is 28.4. The maximum absolute atomic E-state index is 13.6. The standard InChI is InChI=1S/C16H13F2NS/c1-10(19-16-12(17)6-4-7-13(16)18)15-9-11-5-2-3-8-14(11)20-15/h2-10,19H,1H3. The lowest BCUT2D eigenvalue weighted by Crippen LogP contribution is -2.08. The van der Waals surface area contributed by atoms with Crippen LogP contribution in [0.5, 0.6) is 0 Å². The van der Waals surface area contributed by atoms with Crippen LogP contribution in [0.2, 0.25) is 0 Å². The highest BCUT2D eigenvalue weighted by Gasteiger charge is 2.14. The quantitative estimate of drug-likeness (QED) is 0.685. The number of nitrogens with one attached hydrogen (secondary N) is 1. The average Bonchev–Trinajstić information content (AvgIpc) is 2.87. The second kappa shape index (κ2) is 5.21. The first kappa shape index (κ1) is 13.1. The highest BCUT2D eigenvalue weighted by Crippen LogP contribution is 2.32. The molecule has 1 N–H and O–H groups in total. The third-order valence-electron chi connectivity index (χ3n) is 3.19.